The van der Waals surface area contributed by atoms with E-state index in [4.69, 9.17) is 8.83 Å². The summed E-state index contributed by atoms with van der Waals surface area (Å²) in [6, 6.07) is 9.15. The summed E-state index contributed by atoms with van der Waals surface area (Å²) in [5, 5.41) is 3.46. The molecule has 1 atom stereocenters. The van der Waals surface area contributed by atoms with E-state index in [1.54, 1.807) is 12.5 Å². The number of nitrogens with one attached hydrogen (secondary N) is 1. The van der Waals surface area contributed by atoms with Gasteiger partial charge < -0.3 is 14.2 Å². The van der Waals surface area contributed by atoms with Crippen molar-refractivity contribution in [2.24, 2.45) is 0 Å². The molecule has 1 aliphatic carbocycles. The third kappa shape index (κ3) is 3.52. The Hall–Kier alpha value is -1.52. The maximum Gasteiger partial charge on any atom is 0.117 e. The highest BCUT2D eigenvalue weighted by molar-refractivity contribution is 5.01. The predicted octanol–water partition coefficient (Wildman–Crippen LogP) is 3.02. The second-order valence-electron chi connectivity index (χ2n) is 5.54. The van der Waals surface area contributed by atoms with Gasteiger partial charge in [-0.2, -0.15) is 0 Å². The summed E-state index contributed by atoms with van der Waals surface area (Å²) >= 11 is 0. The highest BCUT2D eigenvalue weighted by atomic mass is 16.3. The molecule has 2 aromatic heterocycles. The maximum atomic E-state index is 5.48. The summed E-state index contributed by atoms with van der Waals surface area (Å²) in [5.74, 6) is 2.04. The summed E-state index contributed by atoms with van der Waals surface area (Å²) in [6.45, 7) is 4.92. The number of hydrogen-bond donors (Lipinski definition) is 1. The van der Waals surface area contributed by atoms with Crippen LogP contribution < -0.4 is 5.32 Å². The highest BCUT2D eigenvalue weighted by Crippen LogP contribution is 2.30. The molecule has 1 N–H and O–H groups in total. The fraction of sp³-hybridized carbons (Fsp3) is 0.500. The Morgan fingerprint density at radius 3 is 2.50 bits per heavy atom. The topological polar surface area (TPSA) is 41.6 Å². The second kappa shape index (κ2) is 6.29. The molecular formula is C16H22N2O2. The molecule has 108 valence electrons. The van der Waals surface area contributed by atoms with Crippen molar-refractivity contribution in [3.05, 3.63) is 48.3 Å². The minimum atomic E-state index is 0.488. The van der Waals surface area contributed by atoms with Gasteiger partial charge in [0, 0.05) is 18.6 Å². The third-order valence-corrected chi connectivity index (χ3v) is 3.82. The first-order chi connectivity index (χ1) is 9.83. The van der Waals surface area contributed by atoms with Crippen molar-refractivity contribution in [1.82, 2.24) is 10.2 Å². The molecule has 0 saturated heterocycles. The summed E-state index contributed by atoms with van der Waals surface area (Å²) in [6.07, 6.45) is 6.08. The van der Waals surface area contributed by atoms with E-state index in [1.807, 2.05) is 18.2 Å². The molecule has 20 heavy (non-hydrogen) atoms. The molecule has 3 rings (SSSR count). The molecule has 0 aromatic carbocycles. The van der Waals surface area contributed by atoms with Crippen LogP contribution in [0.5, 0.6) is 0 Å². The first-order valence-corrected chi connectivity index (χ1v) is 7.34. The van der Waals surface area contributed by atoms with E-state index >= 15 is 0 Å². The van der Waals surface area contributed by atoms with Crippen molar-refractivity contribution in [2.45, 2.75) is 44.9 Å². The lowest BCUT2D eigenvalue weighted by Crippen LogP contribution is -2.41. The zero-order valence-corrected chi connectivity index (χ0v) is 11.9. The van der Waals surface area contributed by atoms with Crippen LogP contribution in [0.2, 0.25) is 0 Å². The SMILES string of the molecule is CC(CNCc1ccco1)N(Cc1ccco1)C1CC1. The fourth-order valence-electron chi connectivity index (χ4n) is 2.57. The molecule has 1 unspecified atom stereocenters. The Bertz CT molecular complexity index is 489. The smallest absolute Gasteiger partial charge is 0.117 e. The standard InChI is InChI=1S/C16H22N2O2/c1-13(10-17-11-15-4-2-8-19-15)18(14-6-7-14)12-16-5-3-9-20-16/h2-5,8-9,13-14,17H,6-7,10-12H2,1H3. The van der Waals surface area contributed by atoms with Crippen molar-refractivity contribution < 1.29 is 8.83 Å². The minimum Gasteiger partial charge on any atom is -0.468 e. The molecule has 1 saturated carbocycles. The van der Waals surface area contributed by atoms with Gasteiger partial charge in [-0.15, -0.1) is 0 Å². The van der Waals surface area contributed by atoms with Crippen molar-refractivity contribution in [2.75, 3.05) is 6.54 Å². The normalized spacial score (nSPS) is 16.7. The number of hydrogen-bond acceptors (Lipinski definition) is 4. The Balaban J connectivity index is 1.49. The summed E-state index contributed by atoms with van der Waals surface area (Å²) in [4.78, 5) is 2.54. The quantitative estimate of drug-likeness (QED) is 0.803. The van der Waals surface area contributed by atoms with Crippen LogP contribution in [0, 0.1) is 0 Å². The minimum absolute atomic E-state index is 0.488. The van der Waals surface area contributed by atoms with Gasteiger partial charge in [0.2, 0.25) is 0 Å². The Morgan fingerprint density at radius 2 is 1.90 bits per heavy atom. The van der Waals surface area contributed by atoms with Gasteiger partial charge in [0.05, 0.1) is 25.6 Å². The maximum absolute atomic E-state index is 5.48. The monoisotopic (exact) mass is 274 g/mol. The molecule has 4 heteroatoms. The largest absolute Gasteiger partial charge is 0.468 e. The lowest BCUT2D eigenvalue weighted by atomic mass is 10.2. The van der Waals surface area contributed by atoms with E-state index in [-0.39, 0.29) is 0 Å². The van der Waals surface area contributed by atoms with Gasteiger partial charge in [0.15, 0.2) is 0 Å². The molecule has 2 heterocycles. The summed E-state index contributed by atoms with van der Waals surface area (Å²) in [7, 11) is 0. The fourth-order valence-corrected chi connectivity index (χ4v) is 2.57. The number of rotatable bonds is 8. The number of nitrogens with zero attached hydrogens (tertiary/aromatic N) is 1. The van der Waals surface area contributed by atoms with Gasteiger partial charge >= 0.3 is 0 Å². The Labute approximate surface area is 119 Å². The van der Waals surface area contributed by atoms with Crippen molar-refractivity contribution in [3.63, 3.8) is 0 Å². The van der Waals surface area contributed by atoms with Crippen molar-refractivity contribution >= 4 is 0 Å². The van der Waals surface area contributed by atoms with E-state index in [1.165, 1.54) is 12.8 Å². The van der Waals surface area contributed by atoms with Crippen LogP contribution in [-0.4, -0.2) is 23.5 Å². The van der Waals surface area contributed by atoms with Crippen LogP contribution in [0.25, 0.3) is 0 Å². The molecule has 1 aliphatic rings. The van der Waals surface area contributed by atoms with Crippen molar-refractivity contribution in [3.8, 4) is 0 Å². The lowest BCUT2D eigenvalue weighted by molar-refractivity contribution is 0.170. The zero-order chi connectivity index (χ0) is 13.8. The van der Waals surface area contributed by atoms with Crippen molar-refractivity contribution in [1.29, 1.82) is 0 Å². The Morgan fingerprint density at radius 1 is 1.20 bits per heavy atom. The van der Waals surface area contributed by atoms with Gasteiger partial charge in [-0.1, -0.05) is 0 Å². The first-order valence-electron chi connectivity index (χ1n) is 7.34. The zero-order valence-electron chi connectivity index (χ0n) is 11.9. The van der Waals surface area contributed by atoms with E-state index in [0.29, 0.717) is 6.04 Å². The van der Waals surface area contributed by atoms with Gasteiger partial charge in [0.1, 0.15) is 11.5 Å². The molecule has 2 aromatic rings. The van der Waals surface area contributed by atoms with Crippen LogP contribution in [0.15, 0.2) is 45.6 Å². The van der Waals surface area contributed by atoms with Gasteiger partial charge in [0.25, 0.3) is 0 Å². The highest BCUT2D eigenvalue weighted by Gasteiger charge is 2.32. The van der Waals surface area contributed by atoms with Gasteiger partial charge in [-0.3, -0.25) is 4.90 Å². The van der Waals surface area contributed by atoms with E-state index in [0.717, 1.165) is 37.2 Å². The first kappa shape index (κ1) is 13.5. The van der Waals surface area contributed by atoms with Gasteiger partial charge in [-0.25, -0.2) is 0 Å². The molecule has 0 spiro atoms. The molecule has 1 fully saturated rings. The number of furan rings is 2. The van der Waals surface area contributed by atoms with Crippen LogP contribution >= 0.6 is 0 Å². The molecule has 4 nitrogen and oxygen atoms in total. The average Bonchev–Trinajstić information content (AvgIpc) is 2.93. The third-order valence-electron chi connectivity index (χ3n) is 3.82. The summed E-state index contributed by atoms with van der Waals surface area (Å²) in [5.41, 5.74) is 0. The second-order valence-corrected chi connectivity index (χ2v) is 5.54. The molecular weight excluding hydrogens is 252 g/mol. The molecule has 0 amide bonds. The lowest BCUT2D eigenvalue weighted by Gasteiger charge is -2.28. The molecule has 0 radical (unpaired) electrons. The van der Waals surface area contributed by atoms with E-state index in [9.17, 15) is 0 Å². The average molecular weight is 274 g/mol. The van der Waals surface area contributed by atoms with Crippen LogP contribution in [0.1, 0.15) is 31.3 Å². The van der Waals surface area contributed by atoms with E-state index in [2.05, 4.69) is 23.2 Å². The van der Waals surface area contributed by atoms with Gasteiger partial charge in [-0.05, 0) is 44.0 Å². The van der Waals surface area contributed by atoms with Crippen LogP contribution in [0.4, 0.5) is 0 Å². The molecule has 0 aliphatic heterocycles. The van der Waals surface area contributed by atoms with Crippen LogP contribution in [-0.2, 0) is 13.1 Å². The van der Waals surface area contributed by atoms with E-state index < -0.39 is 0 Å². The Kier molecular flexibility index (Phi) is 4.23. The predicted molar refractivity (Wildman–Crippen MR) is 77.1 cm³/mol. The van der Waals surface area contributed by atoms with Crippen LogP contribution in [0.3, 0.4) is 0 Å². The molecule has 0 bridgehead atoms. The summed E-state index contributed by atoms with van der Waals surface area (Å²) < 4.78 is 10.8.